The van der Waals surface area contributed by atoms with Crippen LogP contribution < -0.4 is 5.32 Å². The van der Waals surface area contributed by atoms with Crippen molar-refractivity contribution in [3.63, 3.8) is 0 Å². The minimum absolute atomic E-state index is 0.142. The number of benzene rings is 3. The first-order chi connectivity index (χ1) is 17.0. The number of thioether (sulfide) groups is 1. The van der Waals surface area contributed by atoms with Gasteiger partial charge in [0.05, 0.1) is 5.75 Å². The molecule has 4 nitrogen and oxygen atoms in total. The Labute approximate surface area is 228 Å². The minimum atomic E-state index is -0.718. The smallest absolute Gasteiger partial charge is 0.243 e. The Kier molecular flexibility index (Phi) is 9.89. The van der Waals surface area contributed by atoms with E-state index in [2.05, 4.69) is 5.32 Å². The molecule has 0 aliphatic heterocycles. The highest BCUT2D eigenvalue weighted by atomic mass is 35.5. The molecule has 0 aliphatic carbocycles. The van der Waals surface area contributed by atoms with Crippen molar-refractivity contribution in [1.29, 1.82) is 0 Å². The Bertz CT molecular complexity index is 1180. The maximum absolute atomic E-state index is 13.7. The number of aryl methyl sites for hydroxylation is 1. The predicted molar refractivity (Wildman–Crippen MR) is 151 cm³/mol. The third kappa shape index (κ3) is 8.58. The molecule has 1 atom stereocenters. The summed E-state index contributed by atoms with van der Waals surface area (Å²) in [5.41, 5.74) is 2.41. The number of hydrogen-bond acceptors (Lipinski definition) is 3. The highest BCUT2D eigenvalue weighted by Crippen LogP contribution is 2.26. The van der Waals surface area contributed by atoms with Crippen LogP contribution in [-0.2, 0) is 22.6 Å². The van der Waals surface area contributed by atoms with Crippen molar-refractivity contribution in [2.75, 3.05) is 5.75 Å². The molecule has 2 amide bonds. The summed E-state index contributed by atoms with van der Waals surface area (Å²) < 4.78 is 0. The summed E-state index contributed by atoms with van der Waals surface area (Å²) in [6.07, 6.45) is 0.384. The summed E-state index contributed by atoms with van der Waals surface area (Å²) in [7, 11) is 0. The van der Waals surface area contributed by atoms with E-state index in [9.17, 15) is 9.59 Å². The first-order valence-corrected chi connectivity index (χ1v) is 13.5. The average molecular weight is 544 g/mol. The van der Waals surface area contributed by atoms with Crippen molar-refractivity contribution in [2.24, 2.45) is 0 Å². The number of carbonyl (C=O) groups excluding carboxylic acids is 2. The van der Waals surface area contributed by atoms with Gasteiger partial charge in [-0.05, 0) is 63.1 Å². The Morgan fingerprint density at radius 2 is 1.64 bits per heavy atom. The van der Waals surface area contributed by atoms with E-state index in [1.165, 1.54) is 11.8 Å². The first kappa shape index (κ1) is 28.1. The van der Waals surface area contributed by atoms with E-state index in [0.717, 1.165) is 21.6 Å². The maximum atomic E-state index is 13.7. The lowest BCUT2D eigenvalue weighted by atomic mass is 10.0. The molecule has 3 aromatic rings. The van der Waals surface area contributed by atoms with E-state index >= 15 is 0 Å². The molecule has 0 aliphatic rings. The van der Waals surface area contributed by atoms with Crippen LogP contribution in [-0.4, -0.2) is 34.0 Å². The molecule has 7 heteroatoms. The van der Waals surface area contributed by atoms with Crippen molar-refractivity contribution in [3.05, 3.63) is 99.5 Å². The zero-order valence-corrected chi connectivity index (χ0v) is 23.4. The van der Waals surface area contributed by atoms with Crippen molar-refractivity contribution in [2.45, 2.75) is 57.1 Å². The molecule has 0 saturated carbocycles. The van der Waals surface area contributed by atoms with Crippen LogP contribution in [0.4, 0.5) is 0 Å². The molecule has 190 valence electrons. The lowest BCUT2D eigenvalue weighted by molar-refractivity contribution is -0.140. The third-order valence-corrected chi connectivity index (χ3v) is 7.09. The van der Waals surface area contributed by atoms with Gasteiger partial charge >= 0.3 is 0 Å². The molecule has 0 fully saturated rings. The lowest BCUT2D eigenvalue weighted by Crippen LogP contribution is -2.54. The van der Waals surface area contributed by atoms with E-state index in [0.29, 0.717) is 16.5 Å². The zero-order valence-electron chi connectivity index (χ0n) is 21.1. The van der Waals surface area contributed by atoms with Gasteiger partial charge in [-0.2, -0.15) is 0 Å². The molecule has 0 saturated heterocycles. The molecule has 0 spiro atoms. The van der Waals surface area contributed by atoms with Crippen molar-refractivity contribution >= 4 is 46.8 Å². The van der Waals surface area contributed by atoms with Gasteiger partial charge in [-0.3, -0.25) is 9.59 Å². The number of hydrogen-bond donors (Lipinski definition) is 1. The summed E-state index contributed by atoms with van der Waals surface area (Å²) in [5.74, 6) is -0.149. The second kappa shape index (κ2) is 12.7. The number of amides is 2. The monoisotopic (exact) mass is 542 g/mol. The zero-order chi connectivity index (χ0) is 26.3. The van der Waals surface area contributed by atoms with Gasteiger partial charge in [0, 0.05) is 33.4 Å². The number of rotatable bonds is 9. The highest BCUT2D eigenvalue weighted by Gasteiger charge is 2.32. The Hall–Kier alpha value is -2.47. The van der Waals surface area contributed by atoms with Gasteiger partial charge in [-0.15, -0.1) is 11.8 Å². The van der Waals surface area contributed by atoms with Crippen LogP contribution >= 0.6 is 35.0 Å². The van der Waals surface area contributed by atoms with E-state index < -0.39 is 11.6 Å². The summed E-state index contributed by atoms with van der Waals surface area (Å²) in [6, 6.07) is 22.3. The summed E-state index contributed by atoms with van der Waals surface area (Å²) in [4.78, 5) is 29.9. The number of nitrogens with zero attached hydrogens (tertiary/aromatic N) is 1. The van der Waals surface area contributed by atoms with Gasteiger partial charge in [0.2, 0.25) is 11.8 Å². The second-order valence-corrected chi connectivity index (χ2v) is 11.7. The summed E-state index contributed by atoms with van der Waals surface area (Å²) >= 11 is 14.0. The summed E-state index contributed by atoms with van der Waals surface area (Å²) in [5, 5.41) is 4.05. The fourth-order valence-electron chi connectivity index (χ4n) is 3.70. The van der Waals surface area contributed by atoms with Gasteiger partial charge in [-0.1, -0.05) is 77.3 Å². The molecule has 0 heterocycles. The van der Waals surface area contributed by atoms with Crippen molar-refractivity contribution in [1.82, 2.24) is 10.2 Å². The molecule has 3 aromatic carbocycles. The molecule has 3 rings (SSSR count). The average Bonchev–Trinajstić information content (AvgIpc) is 2.81. The van der Waals surface area contributed by atoms with E-state index in [1.807, 2.05) is 82.3 Å². The van der Waals surface area contributed by atoms with Crippen LogP contribution in [0.25, 0.3) is 0 Å². The van der Waals surface area contributed by atoms with Gasteiger partial charge in [0.1, 0.15) is 6.04 Å². The molecular weight excluding hydrogens is 511 g/mol. The van der Waals surface area contributed by atoms with Crippen molar-refractivity contribution < 1.29 is 9.59 Å². The topological polar surface area (TPSA) is 49.4 Å². The minimum Gasteiger partial charge on any atom is -0.350 e. The van der Waals surface area contributed by atoms with Gasteiger partial charge in [0.15, 0.2) is 0 Å². The Morgan fingerprint density at radius 3 is 2.25 bits per heavy atom. The molecule has 0 aromatic heterocycles. The Morgan fingerprint density at radius 1 is 0.972 bits per heavy atom. The largest absolute Gasteiger partial charge is 0.350 e. The molecule has 36 heavy (non-hydrogen) atoms. The normalized spacial score (nSPS) is 12.2. The van der Waals surface area contributed by atoms with E-state index in [4.69, 9.17) is 23.2 Å². The third-order valence-electron chi connectivity index (χ3n) is 5.51. The van der Waals surface area contributed by atoms with Crippen LogP contribution in [0.2, 0.25) is 10.0 Å². The van der Waals surface area contributed by atoms with Crippen LogP contribution in [0.3, 0.4) is 0 Å². The quantitative estimate of drug-likeness (QED) is 0.297. The number of halogens is 2. The SMILES string of the molecule is Cc1ccc(SCC(=O)N(Cc2ccc(Cl)cc2Cl)C(Cc2ccccc2)C(=O)NC(C)(C)C)cc1. The molecule has 0 radical (unpaired) electrons. The van der Waals surface area contributed by atoms with Crippen LogP contribution in [0.5, 0.6) is 0 Å². The van der Waals surface area contributed by atoms with E-state index in [1.54, 1.807) is 23.1 Å². The van der Waals surface area contributed by atoms with E-state index in [-0.39, 0.29) is 24.1 Å². The Balaban J connectivity index is 1.95. The molecule has 0 bridgehead atoms. The summed E-state index contributed by atoms with van der Waals surface area (Å²) in [6.45, 7) is 8.01. The van der Waals surface area contributed by atoms with Crippen LogP contribution in [0.1, 0.15) is 37.5 Å². The number of carbonyl (C=O) groups is 2. The highest BCUT2D eigenvalue weighted by molar-refractivity contribution is 8.00. The predicted octanol–water partition coefficient (Wildman–Crippen LogP) is 6.95. The fourth-order valence-corrected chi connectivity index (χ4v) is 4.96. The van der Waals surface area contributed by atoms with Gasteiger partial charge in [-0.25, -0.2) is 0 Å². The lowest BCUT2D eigenvalue weighted by Gasteiger charge is -2.34. The molecular formula is C29H32Cl2N2O2S. The van der Waals surface area contributed by atoms with Gasteiger partial charge in [0.25, 0.3) is 0 Å². The standard InChI is InChI=1S/C29H32Cl2N2O2S/c1-20-10-14-24(15-11-20)36-19-27(34)33(18-22-12-13-23(30)17-25(22)31)26(28(35)32-29(2,3)4)16-21-8-6-5-7-9-21/h5-15,17,26H,16,18-19H2,1-4H3,(H,32,35). The first-order valence-electron chi connectivity index (χ1n) is 11.8. The second-order valence-electron chi connectivity index (χ2n) is 9.80. The maximum Gasteiger partial charge on any atom is 0.243 e. The number of nitrogens with one attached hydrogen (secondary N) is 1. The van der Waals surface area contributed by atoms with Crippen LogP contribution in [0, 0.1) is 6.92 Å². The molecule has 1 N–H and O–H groups in total. The fraction of sp³-hybridized carbons (Fsp3) is 0.310. The van der Waals surface area contributed by atoms with Crippen LogP contribution in [0.15, 0.2) is 77.7 Å². The van der Waals surface area contributed by atoms with Gasteiger partial charge < -0.3 is 10.2 Å². The molecule has 1 unspecified atom stereocenters. The van der Waals surface area contributed by atoms with Crippen molar-refractivity contribution in [3.8, 4) is 0 Å².